The average molecular weight is 575 g/mol. The van der Waals surface area contributed by atoms with Crippen molar-refractivity contribution in [2.75, 3.05) is 18.0 Å². The third-order valence-electron chi connectivity index (χ3n) is 8.73. The monoisotopic (exact) mass is 574 g/mol. The number of hydrogen-bond acceptors (Lipinski definition) is 4. The first-order chi connectivity index (χ1) is 19.7. The molecule has 0 bridgehead atoms. The van der Waals surface area contributed by atoms with Gasteiger partial charge < -0.3 is 9.80 Å². The van der Waals surface area contributed by atoms with Gasteiger partial charge in [-0.3, -0.25) is 19.1 Å². The van der Waals surface area contributed by atoms with E-state index < -0.39 is 0 Å². The maximum Gasteiger partial charge on any atom is 0.258 e. The lowest BCUT2D eigenvalue weighted by atomic mass is 9.90. The number of halogens is 1. The average Bonchev–Trinajstić information content (AvgIpc) is 3.22. The maximum absolute atomic E-state index is 13.9. The number of aryl methyl sites for hydroxylation is 3. The van der Waals surface area contributed by atoms with E-state index in [9.17, 15) is 14.4 Å². The molecule has 1 aromatic heterocycles. The van der Waals surface area contributed by atoms with Gasteiger partial charge in [-0.1, -0.05) is 30.7 Å². The van der Waals surface area contributed by atoms with E-state index in [0.717, 1.165) is 66.0 Å². The molecule has 1 saturated heterocycles. The van der Waals surface area contributed by atoms with Crippen LogP contribution in [0.4, 0.5) is 5.69 Å². The third-order valence-corrected chi connectivity index (χ3v) is 8.96. The lowest BCUT2D eigenvalue weighted by molar-refractivity contribution is -0.132. The van der Waals surface area contributed by atoms with Crippen LogP contribution in [0, 0.1) is 12.8 Å². The number of piperidine rings is 1. The highest BCUT2D eigenvalue weighted by Gasteiger charge is 2.28. The third kappa shape index (κ3) is 6.56. The minimum atomic E-state index is -0.0583. The van der Waals surface area contributed by atoms with Gasteiger partial charge in [0, 0.05) is 73.4 Å². The van der Waals surface area contributed by atoms with E-state index in [1.807, 2.05) is 78.0 Å². The zero-order valence-corrected chi connectivity index (χ0v) is 25.0. The summed E-state index contributed by atoms with van der Waals surface area (Å²) < 4.78 is 1.87. The Morgan fingerprint density at radius 1 is 1.02 bits per heavy atom. The molecule has 41 heavy (non-hydrogen) atoms. The van der Waals surface area contributed by atoms with Crippen molar-refractivity contribution in [3.8, 4) is 0 Å². The molecule has 3 heterocycles. The molecule has 5 rings (SSSR count). The van der Waals surface area contributed by atoms with Crippen molar-refractivity contribution in [2.24, 2.45) is 13.0 Å². The molecule has 2 aliphatic rings. The largest absolute Gasteiger partial charge is 0.343 e. The second kappa shape index (κ2) is 12.6. The van der Waals surface area contributed by atoms with Gasteiger partial charge in [-0.05, 0) is 79.5 Å². The molecule has 0 N–H and O–H groups in total. The van der Waals surface area contributed by atoms with E-state index in [2.05, 4.69) is 5.10 Å². The number of amides is 2. The van der Waals surface area contributed by atoms with Crippen molar-refractivity contribution < 1.29 is 14.4 Å². The number of anilines is 1. The van der Waals surface area contributed by atoms with Crippen LogP contribution in [0.5, 0.6) is 0 Å². The van der Waals surface area contributed by atoms with Gasteiger partial charge in [0.25, 0.3) is 5.91 Å². The van der Waals surface area contributed by atoms with E-state index in [-0.39, 0.29) is 17.6 Å². The first-order valence-corrected chi connectivity index (χ1v) is 15.1. The number of fused-ring (bicyclic) bond motifs is 2. The number of ketones is 1. The van der Waals surface area contributed by atoms with E-state index in [4.69, 9.17) is 11.6 Å². The van der Waals surface area contributed by atoms with Gasteiger partial charge >= 0.3 is 0 Å². The second-order valence-electron chi connectivity index (χ2n) is 11.5. The maximum atomic E-state index is 13.9. The number of Topliss-reactive ketones (excluding diaryl/α,β-unsaturated/α-hetero) is 1. The molecule has 1 fully saturated rings. The number of carbonyl (C=O) groups is 3. The lowest BCUT2D eigenvalue weighted by Gasteiger charge is -2.31. The molecule has 2 amide bonds. The van der Waals surface area contributed by atoms with E-state index in [0.29, 0.717) is 55.2 Å². The second-order valence-corrected chi connectivity index (χ2v) is 11.9. The molecule has 0 spiro atoms. The molecule has 2 aliphatic heterocycles. The summed E-state index contributed by atoms with van der Waals surface area (Å²) >= 11 is 6.33. The van der Waals surface area contributed by atoms with Crippen molar-refractivity contribution in [2.45, 2.75) is 71.8 Å². The molecule has 0 saturated carbocycles. The molecule has 2 aromatic carbocycles. The Kier molecular flexibility index (Phi) is 8.93. The molecule has 0 unspecified atom stereocenters. The molecule has 3 aromatic rings. The Morgan fingerprint density at radius 2 is 1.80 bits per heavy atom. The first-order valence-electron chi connectivity index (χ1n) is 14.7. The number of likely N-dealkylation sites (tertiary alicyclic amines) is 1. The van der Waals surface area contributed by atoms with Crippen molar-refractivity contribution in [1.29, 1.82) is 0 Å². The normalized spacial score (nSPS) is 15.3. The highest BCUT2D eigenvalue weighted by atomic mass is 35.5. The van der Waals surface area contributed by atoms with Crippen LogP contribution in [0.1, 0.15) is 83.8 Å². The van der Waals surface area contributed by atoms with Crippen molar-refractivity contribution in [1.82, 2.24) is 14.7 Å². The van der Waals surface area contributed by atoms with Gasteiger partial charge in [-0.25, -0.2) is 0 Å². The molecule has 216 valence electrons. The van der Waals surface area contributed by atoms with E-state index in [1.165, 1.54) is 0 Å². The highest BCUT2D eigenvalue weighted by molar-refractivity contribution is 6.30. The fourth-order valence-electron chi connectivity index (χ4n) is 6.18. The summed E-state index contributed by atoms with van der Waals surface area (Å²) in [6, 6.07) is 11.6. The molecule has 0 atom stereocenters. The lowest BCUT2D eigenvalue weighted by Crippen LogP contribution is -2.38. The Balaban J connectivity index is 1.20. The zero-order valence-electron chi connectivity index (χ0n) is 24.3. The van der Waals surface area contributed by atoms with Crippen LogP contribution in [0.15, 0.2) is 42.6 Å². The van der Waals surface area contributed by atoms with Gasteiger partial charge in [-0.2, -0.15) is 5.10 Å². The van der Waals surface area contributed by atoms with Gasteiger partial charge in [0.15, 0.2) is 0 Å². The van der Waals surface area contributed by atoms with Gasteiger partial charge in [-0.15, -0.1) is 0 Å². The summed E-state index contributed by atoms with van der Waals surface area (Å²) in [7, 11) is 1.92. The summed E-state index contributed by atoms with van der Waals surface area (Å²) in [6.07, 6.45) is 7.71. The van der Waals surface area contributed by atoms with Crippen molar-refractivity contribution in [3.05, 3.63) is 81.1 Å². The van der Waals surface area contributed by atoms with Gasteiger partial charge in [0.1, 0.15) is 5.78 Å². The number of hydrogen-bond donors (Lipinski definition) is 0. The number of aromatic nitrogens is 2. The molecule has 8 heteroatoms. The van der Waals surface area contributed by atoms with Crippen LogP contribution in [-0.4, -0.2) is 45.4 Å². The Morgan fingerprint density at radius 3 is 2.54 bits per heavy atom. The summed E-state index contributed by atoms with van der Waals surface area (Å²) in [5.41, 5.74) is 6.60. The minimum Gasteiger partial charge on any atom is -0.343 e. The predicted octanol–water partition coefficient (Wildman–Crippen LogP) is 6.06. The van der Waals surface area contributed by atoms with Crippen LogP contribution < -0.4 is 4.90 Å². The fraction of sp³-hybridized carbons (Fsp3) is 0.455. The molecule has 7 nitrogen and oxygen atoms in total. The van der Waals surface area contributed by atoms with Crippen LogP contribution in [0.25, 0.3) is 0 Å². The van der Waals surface area contributed by atoms with Gasteiger partial charge in [0.2, 0.25) is 5.91 Å². The number of nitrogens with zero attached hydrogens (tertiary/aromatic N) is 4. The molecule has 0 aliphatic carbocycles. The van der Waals surface area contributed by atoms with E-state index >= 15 is 0 Å². The standard InChI is InChI=1S/C33H39ClN4O3/c1-4-32(40)37-15-13-23(14-16-37)5-9-28(39)10-6-24-7-11-29(22(2)17-24)33(41)38-21-26-20-35-36(3)31(26)19-25-18-27(34)8-12-30(25)38/h7-8,11-12,17-18,20,23H,4-6,9-10,13-16,19,21H2,1-3H3. The molecule has 0 radical (unpaired) electrons. The number of rotatable bonds is 8. The van der Waals surface area contributed by atoms with Crippen LogP contribution in [-0.2, 0) is 36.0 Å². The van der Waals surface area contributed by atoms with Crippen LogP contribution in [0.3, 0.4) is 0 Å². The van der Waals surface area contributed by atoms with Crippen molar-refractivity contribution in [3.63, 3.8) is 0 Å². The van der Waals surface area contributed by atoms with Crippen LogP contribution in [0.2, 0.25) is 5.02 Å². The van der Waals surface area contributed by atoms with Gasteiger partial charge in [0.05, 0.1) is 12.7 Å². The number of carbonyl (C=O) groups excluding carboxylic acids is 3. The van der Waals surface area contributed by atoms with Crippen molar-refractivity contribution >= 4 is 34.9 Å². The molecular formula is C33H39ClN4O3. The Labute approximate surface area is 247 Å². The van der Waals surface area contributed by atoms with Crippen LogP contribution >= 0.6 is 11.6 Å². The Bertz CT molecular complexity index is 1450. The summed E-state index contributed by atoms with van der Waals surface area (Å²) in [5, 5.41) is 5.07. The number of benzene rings is 2. The zero-order chi connectivity index (χ0) is 29.1. The smallest absolute Gasteiger partial charge is 0.258 e. The predicted molar refractivity (Wildman–Crippen MR) is 161 cm³/mol. The SMILES string of the molecule is CCC(=O)N1CCC(CCC(=O)CCc2ccc(C(=O)N3Cc4cnn(C)c4Cc4cc(Cl)ccc43)c(C)c2)CC1. The Hall–Kier alpha value is -3.45. The quantitative estimate of drug-likeness (QED) is 0.327. The summed E-state index contributed by atoms with van der Waals surface area (Å²) in [4.78, 5) is 42.3. The fourth-order valence-corrected chi connectivity index (χ4v) is 6.37. The summed E-state index contributed by atoms with van der Waals surface area (Å²) in [5.74, 6) is 0.973. The minimum absolute atomic E-state index is 0.0583. The first kappa shape index (κ1) is 29.1. The topological polar surface area (TPSA) is 75.5 Å². The van der Waals surface area contributed by atoms with E-state index in [1.54, 1.807) is 0 Å². The highest BCUT2D eigenvalue weighted by Crippen LogP contribution is 2.34. The molecular weight excluding hydrogens is 536 g/mol. The summed E-state index contributed by atoms with van der Waals surface area (Å²) in [6.45, 7) is 5.94.